The van der Waals surface area contributed by atoms with Crippen LogP contribution in [-0.4, -0.2) is 109 Å². The number of amides is 3. The van der Waals surface area contributed by atoms with Gasteiger partial charge in [-0.25, -0.2) is 13.2 Å². The van der Waals surface area contributed by atoms with Crippen LogP contribution in [0.25, 0.3) is 0 Å². The first-order chi connectivity index (χ1) is 28.5. The van der Waals surface area contributed by atoms with Crippen molar-refractivity contribution in [3.8, 4) is 6.01 Å². The summed E-state index contributed by atoms with van der Waals surface area (Å²) in [6.45, 7) is -0.771. The molecular weight excluding hydrogens is 835 g/mol. The number of hydrogen-bond donors (Lipinski definition) is 5. The number of nitrogens with zero attached hydrogens (tertiary/aromatic N) is 4. The quantitative estimate of drug-likeness (QED) is 0.0852. The van der Waals surface area contributed by atoms with Gasteiger partial charge in [-0.3, -0.25) is 19.3 Å². The zero-order chi connectivity index (χ0) is 43.1. The van der Waals surface area contributed by atoms with Crippen molar-refractivity contribution in [1.82, 2.24) is 30.5 Å². The molecule has 1 atom stereocenters. The number of carbonyl (C=O) groups excluding carboxylic acids is 4. The normalized spacial score (nSPS) is 16.1. The van der Waals surface area contributed by atoms with Gasteiger partial charge < -0.3 is 36.1 Å². The Labute approximate surface area is 346 Å². The lowest BCUT2D eigenvalue weighted by Gasteiger charge is -2.26. The Morgan fingerprint density at radius 1 is 0.867 bits per heavy atom. The van der Waals surface area contributed by atoms with Crippen molar-refractivity contribution >= 4 is 68.4 Å². The van der Waals surface area contributed by atoms with Gasteiger partial charge in [-0.15, -0.1) is 0 Å². The maximum absolute atomic E-state index is 13.1. The van der Waals surface area contributed by atoms with Crippen LogP contribution in [0.5, 0.6) is 6.01 Å². The number of esters is 1. The Morgan fingerprint density at radius 2 is 1.50 bits per heavy atom. The molecule has 0 radical (unpaired) electrons. The topological polar surface area (TPSA) is 223 Å². The molecule has 1 saturated heterocycles. The zero-order valence-corrected chi connectivity index (χ0v) is 33.4. The molecule has 1 aliphatic heterocycles. The Bertz CT molecular complexity index is 2300. The lowest BCUT2D eigenvalue weighted by Crippen LogP contribution is -2.50. The van der Waals surface area contributed by atoms with Gasteiger partial charge in [-0.2, -0.15) is 28.1 Å². The van der Waals surface area contributed by atoms with Crippen molar-refractivity contribution in [2.24, 2.45) is 0 Å². The minimum Gasteiger partial charge on any atom is -0.467 e. The SMILES string of the molecule is COC(=O)[C@H](CNC(=O)C(=O)Nc1ccc(CN2CCS(=O)(=O)CC2)cc1)NC(=O)c1ccc(Nc2nc(NC3(c4ccc(Cl)cc4)CC3)nc(OCC(F)(F)F)n2)cc1. The van der Waals surface area contributed by atoms with E-state index >= 15 is 0 Å². The van der Waals surface area contributed by atoms with Gasteiger partial charge >= 0.3 is 30.0 Å². The molecule has 3 amide bonds. The number of benzene rings is 3. The summed E-state index contributed by atoms with van der Waals surface area (Å²) in [5.41, 5.74) is 1.89. The zero-order valence-electron chi connectivity index (χ0n) is 31.8. The highest BCUT2D eigenvalue weighted by molar-refractivity contribution is 7.91. The lowest BCUT2D eigenvalue weighted by atomic mass is 10.1. The van der Waals surface area contributed by atoms with E-state index in [0.717, 1.165) is 18.2 Å². The van der Waals surface area contributed by atoms with Crippen LogP contribution >= 0.6 is 11.6 Å². The first-order valence-corrected chi connectivity index (χ1v) is 20.5. The van der Waals surface area contributed by atoms with Crippen LogP contribution in [-0.2, 0) is 41.0 Å². The summed E-state index contributed by atoms with van der Waals surface area (Å²) in [7, 11) is -1.93. The van der Waals surface area contributed by atoms with Crippen LogP contribution in [0.15, 0.2) is 72.8 Å². The first kappa shape index (κ1) is 43.5. The van der Waals surface area contributed by atoms with Gasteiger partial charge in [0.25, 0.3) is 5.91 Å². The minimum atomic E-state index is -4.65. The molecule has 2 heterocycles. The predicted molar refractivity (Wildman–Crippen MR) is 212 cm³/mol. The molecule has 1 aliphatic carbocycles. The van der Waals surface area contributed by atoms with Crippen molar-refractivity contribution < 1.29 is 50.2 Å². The van der Waals surface area contributed by atoms with E-state index in [9.17, 15) is 40.8 Å². The van der Waals surface area contributed by atoms with Crippen LogP contribution in [0.3, 0.4) is 0 Å². The van der Waals surface area contributed by atoms with Crippen molar-refractivity contribution in [3.05, 3.63) is 94.5 Å². The molecule has 1 aromatic heterocycles. The fraction of sp³-hybridized carbons (Fsp3) is 0.342. The summed E-state index contributed by atoms with van der Waals surface area (Å²) >= 11 is 6.03. The third kappa shape index (κ3) is 12.2. The van der Waals surface area contributed by atoms with E-state index in [-0.39, 0.29) is 29.0 Å². The number of sulfone groups is 1. The molecule has 2 aliphatic rings. The molecule has 22 heteroatoms. The van der Waals surface area contributed by atoms with Gasteiger partial charge in [0.1, 0.15) is 6.04 Å². The Hall–Kier alpha value is -6.06. The van der Waals surface area contributed by atoms with Crippen LogP contribution in [0, 0.1) is 0 Å². The average Bonchev–Trinajstić information content (AvgIpc) is 4.00. The van der Waals surface area contributed by atoms with Crippen LogP contribution < -0.4 is 31.3 Å². The third-order valence-electron chi connectivity index (χ3n) is 9.40. The molecular formula is C38H39ClF3N9O8S. The summed E-state index contributed by atoms with van der Waals surface area (Å²) in [5.74, 6) is -3.79. The van der Waals surface area contributed by atoms with Gasteiger partial charge in [-0.05, 0) is 72.5 Å². The fourth-order valence-corrected chi connectivity index (χ4v) is 7.41. The first-order valence-electron chi connectivity index (χ1n) is 18.3. The molecule has 60 heavy (non-hydrogen) atoms. The molecule has 6 rings (SSSR count). The summed E-state index contributed by atoms with van der Waals surface area (Å²) < 4.78 is 71.9. The van der Waals surface area contributed by atoms with E-state index in [0.29, 0.717) is 48.9 Å². The minimum absolute atomic E-state index is 0.0484. The van der Waals surface area contributed by atoms with Crippen LogP contribution in [0.2, 0.25) is 5.02 Å². The molecule has 4 aromatic rings. The summed E-state index contributed by atoms with van der Waals surface area (Å²) in [5, 5.41) is 13.8. The highest BCUT2D eigenvalue weighted by Crippen LogP contribution is 2.48. The molecule has 0 unspecified atom stereocenters. The monoisotopic (exact) mass is 873 g/mol. The number of ether oxygens (including phenoxy) is 2. The number of nitrogens with one attached hydrogen (secondary N) is 5. The van der Waals surface area contributed by atoms with Gasteiger partial charge in [0, 0.05) is 48.1 Å². The number of anilines is 4. The number of carbonyl (C=O) groups is 4. The molecule has 0 spiro atoms. The number of alkyl halides is 3. The summed E-state index contributed by atoms with van der Waals surface area (Å²) in [6, 6.07) is 17.4. The second kappa shape index (κ2) is 18.5. The highest BCUT2D eigenvalue weighted by Gasteiger charge is 2.45. The maximum atomic E-state index is 13.1. The van der Waals surface area contributed by atoms with E-state index in [2.05, 4.69) is 41.5 Å². The van der Waals surface area contributed by atoms with Crippen molar-refractivity contribution in [2.45, 2.75) is 37.1 Å². The fourth-order valence-electron chi connectivity index (χ4n) is 6.01. The molecule has 3 aromatic carbocycles. The smallest absolute Gasteiger partial charge is 0.422 e. The Morgan fingerprint density at radius 3 is 2.12 bits per heavy atom. The Kier molecular flexibility index (Phi) is 13.4. The Balaban J connectivity index is 1.03. The number of rotatable bonds is 15. The van der Waals surface area contributed by atoms with Gasteiger partial charge in [0.2, 0.25) is 11.9 Å². The van der Waals surface area contributed by atoms with E-state index in [1.807, 2.05) is 17.0 Å². The standard InChI is InChI=1S/C38H39ClF3N9O8S/c1-58-33(55)29(20-43-31(53)32(54)44-27-10-2-23(3-11-27)21-51-16-18-60(56,57)19-17-51)46-30(52)24-4-12-28(13-5-24)45-34-47-35(49-36(48-34)59-22-38(40,41)42)50-37(14-15-37)25-6-8-26(39)9-7-25/h2-13,29H,14-22H2,1H3,(H,43,53)(H,44,54)(H,46,52)(H2,45,47,48,49,50)/t29-/m0/s1. The lowest BCUT2D eigenvalue weighted by molar-refractivity contribution is -0.154. The van der Waals surface area contributed by atoms with E-state index < -0.39 is 70.4 Å². The van der Waals surface area contributed by atoms with Gasteiger partial charge in [0.05, 0.1) is 24.2 Å². The number of methoxy groups -OCH3 is 1. The second-order valence-electron chi connectivity index (χ2n) is 13.9. The van der Waals surface area contributed by atoms with E-state index in [1.54, 1.807) is 36.4 Å². The maximum Gasteiger partial charge on any atom is 0.422 e. The second-order valence-corrected chi connectivity index (χ2v) is 16.7. The molecule has 2 fully saturated rings. The molecule has 17 nitrogen and oxygen atoms in total. The molecule has 0 bridgehead atoms. The highest BCUT2D eigenvalue weighted by atomic mass is 35.5. The van der Waals surface area contributed by atoms with E-state index in [4.69, 9.17) is 21.1 Å². The number of aromatic nitrogens is 3. The van der Waals surface area contributed by atoms with Crippen molar-refractivity contribution in [3.63, 3.8) is 0 Å². The largest absolute Gasteiger partial charge is 0.467 e. The average molecular weight is 874 g/mol. The number of hydrogen-bond acceptors (Lipinski definition) is 14. The van der Waals surface area contributed by atoms with E-state index in [1.165, 1.54) is 24.3 Å². The molecule has 318 valence electrons. The third-order valence-corrected chi connectivity index (χ3v) is 11.3. The van der Waals surface area contributed by atoms with Crippen LogP contribution in [0.4, 0.5) is 36.4 Å². The van der Waals surface area contributed by atoms with Gasteiger partial charge in [-0.1, -0.05) is 35.9 Å². The van der Waals surface area contributed by atoms with Crippen LogP contribution in [0.1, 0.15) is 34.3 Å². The summed E-state index contributed by atoms with van der Waals surface area (Å²) in [4.78, 5) is 65.2. The summed E-state index contributed by atoms with van der Waals surface area (Å²) in [6.07, 6.45) is -3.27. The van der Waals surface area contributed by atoms with Gasteiger partial charge in [0.15, 0.2) is 16.4 Å². The van der Waals surface area contributed by atoms with Crippen molar-refractivity contribution in [1.29, 1.82) is 0 Å². The molecule has 5 N–H and O–H groups in total. The van der Waals surface area contributed by atoms with Crippen molar-refractivity contribution in [2.75, 3.05) is 60.8 Å². The predicted octanol–water partition coefficient (Wildman–Crippen LogP) is 3.57. The number of halogens is 4. The molecule has 1 saturated carbocycles.